The molecule has 1 saturated heterocycles. The molecule has 4 rings (SSSR count). The lowest BCUT2D eigenvalue weighted by Crippen LogP contribution is -2.50. The Kier molecular flexibility index (Phi) is 5.25. The molecule has 0 radical (unpaired) electrons. The maximum absolute atomic E-state index is 12.9. The van der Waals surface area contributed by atoms with E-state index in [2.05, 4.69) is 6.07 Å². The lowest BCUT2D eigenvalue weighted by Gasteiger charge is -2.34. The lowest BCUT2D eigenvalue weighted by molar-refractivity contribution is 0.0697. The van der Waals surface area contributed by atoms with Crippen molar-refractivity contribution >= 4 is 15.9 Å². The number of hydrogen-bond acceptors (Lipinski definition) is 3. The number of carbonyl (C=O) groups is 1. The highest BCUT2D eigenvalue weighted by atomic mass is 32.2. The van der Waals surface area contributed by atoms with Gasteiger partial charge in [-0.15, -0.1) is 0 Å². The predicted octanol–water partition coefficient (Wildman–Crippen LogP) is 3.02. The average molecular weight is 399 g/mol. The number of benzene rings is 2. The van der Waals surface area contributed by atoms with Crippen molar-refractivity contribution in [1.82, 2.24) is 9.21 Å². The van der Waals surface area contributed by atoms with Gasteiger partial charge < -0.3 is 4.90 Å². The molecule has 28 heavy (non-hydrogen) atoms. The fourth-order valence-corrected chi connectivity index (χ4v) is 5.46. The SMILES string of the molecule is Cc1ccc(S(=O)(=O)N2CCN(C(=O)c3ccc4c(c3)CCCC4)CC2)cc1. The van der Waals surface area contributed by atoms with Gasteiger partial charge in [-0.1, -0.05) is 23.8 Å². The zero-order valence-corrected chi connectivity index (χ0v) is 17.0. The molecule has 6 heteroatoms. The Morgan fingerprint density at radius 1 is 0.857 bits per heavy atom. The third kappa shape index (κ3) is 3.71. The van der Waals surface area contributed by atoms with Gasteiger partial charge >= 0.3 is 0 Å². The van der Waals surface area contributed by atoms with E-state index in [0.717, 1.165) is 24.0 Å². The van der Waals surface area contributed by atoms with Crippen molar-refractivity contribution in [2.45, 2.75) is 37.5 Å². The molecule has 0 unspecified atom stereocenters. The molecule has 148 valence electrons. The highest BCUT2D eigenvalue weighted by Crippen LogP contribution is 2.24. The second-order valence-electron chi connectivity index (χ2n) is 7.70. The Morgan fingerprint density at radius 2 is 1.50 bits per heavy atom. The van der Waals surface area contributed by atoms with Crippen LogP contribution in [0.15, 0.2) is 47.4 Å². The monoisotopic (exact) mass is 398 g/mol. The van der Waals surface area contributed by atoms with Crippen LogP contribution in [0, 0.1) is 6.92 Å². The molecule has 0 atom stereocenters. The highest BCUT2D eigenvalue weighted by molar-refractivity contribution is 7.89. The number of nitrogens with zero attached hydrogens (tertiary/aromatic N) is 2. The van der Waals surface area contributed by atoms with Gasteiger partial charge in [0.1, 0.15) is 0 Å². The number of hydrogen-bond donors (Lipinski definition) is 0. The van der Waals surface area contributed by atoms with Crippen LogP contribution in [-0.2, 0) is 22.9 Å². The van der Waals surface area contributed by atoms with Crippen LogP contribution in [0.5, 0.6) is 0 Å². The molecular formula is C22H26N2O3S. The summed E-state index contributed by atoms with van der Waals surface area (Å²) in [6.45, 7) is 3.42. The normalized spacial score (nSPS) is 18.0. The van der Waals surface area contributed by atoms with Crippen molar-refractivity contribution in [2.24, 2.45) is 0 Å². The fraction of sp³-hybridized carbons (Fsp3) is 0.409. The van der Waals surface area contributed by atoms with Crippen LogP contribution in [0.1, 0.15) is 39.9 Å². The summed E-state index contributed by atoms with van der Waals surface area (Å²) in [5.74, 6) is 0.000701. The van der Waals surface area contributed by atoms with E-state index in [4.69, 9.17) is 0 Å². The van der Waals surface area contributed by atoms with Gasteiger partial charge in [-0.05, 0) is 68.0 Å². The van der Waals surface area contributed by atoms with Crippen molar-refractivity contribution in [2.75, 3.05) is 26.2 Å². The van der Waals surface area contributed by atoms with E-state index in [1.165, 1.54) is 28.3 Å². The molecule has 1 aliphatic carbocycles. The number of amides is 1. The van der Waals surface area contributed by atoms with Crippen LogP contribution in [0.25, 0.3) is 0 Å². The Hall–Kier alpha value is -2.18. The van der Waals surface area contributed by atoms with Gasteiger partial charge in [0.2, 0.25) is 10.0 Å². The molecule has 1 heterocycles. The maximum Gasteiger partial charge on any atom is 0.253 e. The summed E-state index contributed by atoms with van der Waals surface area (Å²) in [5.41, 5.74) is 4.39. The van der Waals surface area contributed by atoms with Gasteiger partial charge in [-0.25, -0.2) is 8.42 Å². The van der Waals surface area contributed by atoms with Gasteiger partial charge in [0.25, 0.3) is 5.91 Å². The Bertz CT molecular complexity index is 975. The van der Waals surface area contributed by atoms with Gasteiger partial charge in [0, 0.05) is 31.7 Å². The van der Waals surface area contributed by atoms with Crippen molar-refractivity contribution in [3.63, 3.8) is 0 Å². The molecule has 0 spiro atoms. The predicted molar refractivity (Wildman–Crippen MR) is 109 cm³/mol. The lowest BCUT2D eigenvalue weighted by atomic mass is 9.90. The molecule has 0 N–H and O–H groups in total. The van der Waals surface area contributed by atoms with Gasteiger partial charge in [-0.3, -0.25) is 4.79 Å². The average Bonchev–Trinajstić information content (AvgIpc) is 2.73. The number of fused-ring (bicyclic) bond motifs is 1. The quantitative estimate of drug-likeness (QED) is 0.799. The summed E-state index contributed by atoms with van der Waals surface area (Å²) >= 11 is 0. The van der Waals surface area contributed by atoms with E-state index in [1.54, 1.807) is 17.0 Å². The third-order valence-electron chi connectivity index (χ3n) is 5.78. The van der Waals surface area contributed by atoms with Gasteiger partial charge in [0.15, 0.2) is 0 Å². The second-order valence-corrected chi connectivity index (χ2v) is 9.64. The first kappa shape index (κ1) is 19.2. The van der Waals surface area contributed by atoms with E-state index in [9.17, 15) is 13.2 Å². The minimum atomic E-state index is -3.51. The molecule has 2 aliphatic rings. The largest absolute Gasteiger partial charge is 0.336 e. The summed E-state index contributed by atoms with van der Waals surface area (Å²) < 4.78 is 27.1. The van der Waals surface area contributed by atoms with Crippen molar-refractivity contribution in [3.05, 3.63) is 64.7 Å². The van der Waals surface area contributed by atoms with Crippen molar-refractivity contribution in [3.8, 4) is 0 Å². The number of aryl methyl sites for hydroxylation is 3. The van der Waals surface area contributed by atoms with Gasteiger partial charge in [-0.2, -0.15) is 4.31 Å². The first-order valence-electron chi connectivity index (χ1n) is 9.93. The minimum Gasteiger partial charge on any atom is -0.336 e. The Morgan fingerprint density at radius 3 is 2.18 bits per heavy atom. The molecule has 1 fully saturated rings. The third-order valence-corrected chi connectivity index (χ3v) is 7.69. The standard InChI is InChI=1S/C22H26N2O3S/c1-17-6-10-21(11-7-17)28(26,27)24-14-12-23(13-15-24)22(25)20-9-8-18-4-2-3-5-19(18)16-20/h6-11,16H,2-5,12-15H2,1H3. The summed E-state index contributed by atoms with van der Waals surface area (Å²) in [6.07, 6.45) is 4.54. The van der Waals surface area contributed by atoms with Crippen LogP contribution in [0.4, 0.5) is 0 Å². The second kappa shape index (κ2) is 7.68. The molecule has 1 aliphatic heterocycles. The topological polar surface area (TPSA) is 57.7 Å². The zero-order chi connectivity index (χ0) is 19.7. The van der Waals surface area contributed by atoms with Crippen molar-refractivity contribution in [1.29, 1.82) is 0 Å². The van der Waals surface area contributed by atoms with Crippen LogP contribution >= 0.6 is 0 Å². The molecule has 0 aromatic heterocycles. The highest BCUT2D eigenvalue weighted by Gasteiger charge is 2.30. The van der Waals surface area contributed by atoms with Crippen LogP contribution in [0.3, 0.4) is 0 Å². The smallest absolute Gasteiger partial charge is 0.253 e. The number of carbonyl (C=O) groups excluding carboxylic acids is 1. The zero-order valence-electron chi connectivity index (χ0n) is 16.2. The van der Waals surface area contributed by atoms with Crippen molar-refractivity contribution < 1.29 is 13.2 Å². The van der Waals surface area contributed by atoms with E-state index in [-0.39, 0.29) is 5.91 Å². The van der Waals surface area contributed by atoms with Crippen LogP contribution in [0.2, 0.25) is 0 Å². The summed E-state index contributed by atoms with van der Waals surface area (Å²) in [7, 11) is -3.51. The Balaban J connectivity index is 1.44. The molecule has 5 nitrogen and oxygen atoms in total. The Labute approximate surface area is 167 Å². The van der Waals surface area contributed by atoms with Crippen LogP contribution in [-0.4, -0.2) is 49.7 Å². The maximum atomic E-state index is 12.9. The first-order chi connectivity index (χ1) is 13.4. The van der Waals surface area contributed by atoms with Crippen LogP contribution < -0.4 is 0 Å². The molecule has 0 saturated carbocycles. The molecule has 2 aromatic rings. The number of sulfonamides is 1. The minimum absolute atomic E-state index is 0.000701. The summed E-state index contributed by atoms with van der Waals surface area (Å²) in [5, 5.41) is 0. The van der Waals surface area contributed by atoms with E-state index in [0.29, 0.717) is 31.1 Å². The molecule has 1 amide bonds. The fourth-order valence-electron chi connectivity index (χ4n) is 4.04. The van der Waals surface area contributed by atoms with E-state index in [1.807, 2.05) is 31.2 Å². The van der Waals surface area contributed by atoms with E-state index >= 15 is 0 Å². The van der Waals surface area contributed by atoms with Gasteiger partial charge in [0.05, 0.1) is 4.90 Å². The van der Waals surface area contributed by atoms with E-state index < -0.39 is 10.0 Å². The molecule has 0 bridgehead atoms. The number of rotatable bonds is 3. The summed E-state index contributed by atoms with van der Waals surface area (Å²) in [4.78, 5) is 15.0. The molecular weight excluding hydrogens is 372 g/mol. The number of piperazine rings is 1. The summed E-state index contributed by atoms with van der Waals surface area (Å²) in [6, 6.07) is 12.9. The first-order valence-corrected chi connectivity index (χ1v) is 11.4. The molecule has 2 aromatic carbocycles.